The number of aromatic nitrogens is 1. The van der Waals surface area contributed by atoms with Crippen molar-refractivity contribution in [1.82, 2.24) is 15.8 Å². The second kappa shape index (κ2) is 6.18. The molecule has 0 fully saturated rings. The molecule has 2 amide bonds. The first-order valence-electron chi connectivity index (χ1n) is 6.73. The normalized spacial score (nSPS) is 10.3. The molecule has 116 valence electrons. The Morgan fingerprint density at radius 2 is 1.70 bits per heavy atom. The van der Waals surface area contributed by atoms with Crippen LogP contribution in [0.1, 0.15) is 21.0 Å². The standard InChI is InChI=1S/C16H12FN3O3/c17-11-5-3-10(4-6-11)13-7-8-14(23-13)16(22)20-19-15(21)12-2-1-9-18-12/h1-9,18H,(H,19,21)(H,20,22). The number of H-pyrrole nitrogens is 1. The van der Waals surface area contributed by atoms with Crippen LogP contribution in [0, 0.1) is 5.82 Å². The van der Waals surface area contributed by atoms with Crippen molar-refractivity contribution >= 4 is 11.8 Å². The minimum absolute atomic E-state index is 0.0242. The lowest BCUT2D eigenvalue weighted by atomic mass is 10.2. The highest BCUT2D eigenvalue weighted by Gasteiger charge is 2.14. The van der Waals surface area contributed by atoms with E-state index in [4.69, 9.17) is 4.42 Å². The summed E-state index contributed by atoms with van der Waals surface area (Å²) in [5, 5.41) is 0. The quantitative estimate of drug-likeness (QED) is 0.649. The maximum Gasteiger partial charge on any atom is 0.305 e. The van der Waals surface area contributed by atoms with Crippen LogP contribution in [-0.2, 0) is 0 Å². The Hall–Kier alpha value is -3.35. The average molecular weight is 313 g/mol. The summed E-state index contributed by atoms with van der Waals surface area (Å²) >= 11 is 0. The molecule has 3 N–H and O–H groups in total. The lowest BCUT2D eigenvalue weighted by Gasteiger charge is -2.04. The molecule has 7 heteroatoms. The van der Waals surface area contributed by atoms with Gasteiger partial charge in [-0.25, -0.2) is 4.39 Å². The molecule has 0 aliphatic carbocycles. The van der Waals surface area contributed by atoms with Crippen LogP contribution in [0.3, 0.4) is 0 Å². The number of halogens is 1. The number of carbonyl (C=O) groups excluding carboxylic acids is 2. The number of hydrogen-bond donors (Lipinski definition) is 3. The highest BCUT2D eigenvalue weighted by atomic mass is 19.1. The molecule has 0 atom stereocenters. The zero-order valence-electron chi connectivity index (χ0n) is 11.8. The fraction of sp³-hybridized carbons (Fsp3) is 0. The predicted molar refractivity (Wildman–Crippen MR) is 79.8 cm³/mol. The van der Waals surface area contributed by atoms with E-state index in [1.165, 1.54) is 18.2 Å². The van der Waals surface area contributed by atoms with Crippen LogP contribution in [0.5, 0.6) is 0 Å². The summed E-state index contributed by atoms with van der Waals surface area (Å²) in [5.41, 5.74) is 5.47. The molecule has 0 unspecified atom stereocenters. The minimum atomic E-state index is -0.599. The largest absolute Gasteiger partial charge is 0.451 e. The Kier molecular flexibility index (Phi) is 3.92. The molecule has 0 saturated carbocycles. The topological polar surface area (TPSA) is 87.1 Å². The molecule has 0 saturated heterocycles. The molecular weight excluding hydrogens is 301 g/mol. The Balaban J connectivity index is 1.64. The number of aromatic amines is 1. The molecule has 2 aromatic heterocycles. The van der Waals surface area contributed by atoms with Crippen molar-refractivity contribution in [3.8, 4) is 11.3 Å². The summed E-state index contributed by atoms with van der Waals surface area (Å²) in [6, 6.07) is 12.0. The number of nitrogens with one attached hydrogen (secondary N) is 3. The lowest BCUT2D eigenvalue weighted by Crippen LogP contribution is -2.41. The van der Waals surface area contributed by atoms with Gasteiger partial charge in [-0.1, -0.05) is 0 Å². The number of carbonyl (C=O) groups is 2. The van der Waals surface area contributed by atoms with Crippen molar-refractivity contribution in [2.45, 2.75) is 0 Å². The van der Waals surface area contributed by atoms with Gasteiger partial charge in [0.1, 0.15) is 17.3 Å². The monoisotopic (exact) mass is 313 g/mol. The molecule has 2 heterocycles. The molecule has 1 aromatic carbocycles. The molecule has 6 nitrogen and oxygen atoms in total. The van der Waals surface area contributed by atoms with Gasteiger partial charge in [-0.2, -0.15) is 0 Å². The zero-order valence-corrected chi connectivity index (χ0v) is 11.8. The van der Waals surface area contributed by atoms with Gasteiger partial charge in [-0.15, -0.1) is 0 Å². The molecule has 0 spiro atoms. The summed E-state index contributed by atoms with van der Waals surface area (Å²) in [4.78, 5) is 26.3. The van der Waals surface area contributed by atoms with Crippen LogP contribution < -0.4 is 10.9 Å². The van der Waals surface area contributed by atoms with Gasteiger partial charge in [0.2, 0.25) is 0 Å². The maximum atomic E-state index is 12.9. The van der Waals surface area contributed by atoms with Crippen LogP contribution >= 0.6 is 0 Å². The summed E-state index contributed by atoms with van der Waals surface area (Å²) in [6.07, 6.45) is 1.60. The third kappa shape index (κ3) is 3.29. The molecule has 3 rings (SSSR count). The van der Waals surface area contributed by atoms with Gasteiger partial charge in [-0.05, 0) is 48.5 Å². The molecule has 0 aliphatic rings. The zero-order chi connectivity index (χ0) is 16.2. The first-order valence-corrected chi connectivity index (χ1v) is 6.73. The predicted octanol–water partition coefficient (Wildman–Crippen LogP) is 2.49. The number of hydrogen-bond acceptors (Lipinski definition) is 3. The molecule has 0 bridgehead atoms. The average Bonchev–Trinajstić information content (AvgIpc) is 3.24. The Bertz CT molecular complexity index is 823. The number of furan rings is 1. The molecule has 23 heavy (non-hydrogen) atoms. The van der Waals surface area contributed by atoms with Gasteiger partial charge >= 0.3 is 5.91 Å². The van der Waals surface area contributed by atoms with Crippen molar-refractivity contribution < 1.29 is 18.4 Å². The van der Waals surface area contributed by atoms with E-state index in [-0.39, 0.29) is 11.6 Å². The summed E-state index contributed by atoms with van der Waals surface area (Å²) in [5.74, 6) is -0.987. The van der Waals surface area contributed by atoms with E-state index < -0.39 is 11.8 Å². The van der Waals surface area contributed by atoms with E-state index in [9.17, 15) is 14.0 Å². The van der Waals surface area contributed by atoms with E-state index >= 15 is 0 Å². The van der Waals surface area contributed by atoms with Crippen LogP contribution in [-0.4, -0.2) is 16.8 Å². The maximum absolute atomic E-state index is 12.9. The summed E-state index contributed by atoms with van der Waals surface area (Å²) in [7, 11) is 0. The fourth-order valence-corrected chi connectivity index (χ4v) is 1.94. The van der Waals surface area contributed by atoms with Crippen LogP contribution in [0.15, 0.2) is 59.1 Å². The van der Waals surface area contributed by atoms with Crippen LogP contribution in [0.2, 0.25) is 0 Å². The Morgan fingerprint density at radius 1 is 0.957 bits per heavy atom. The van der Waals surface area contributed by atoms with Crippen LogP contribution in [0.4, 0.5) is 4.39 Å². The number of rotatable bonds is 3. The number of hydrazine groups is 1. The van der Waals surface area contributed by atoms with Gasteiger partial charge in [0.25, 0.3) is 5.91 Å². The second-order valence-corrected chi connectivity index (χ2v) is 4.66. The van der Waals surface area contributed by atoms with Gasteiger partial charge in [0, 0.05) is 11.8 Å². The van der Waals surface area contributed by atoms with E-state index in [1.54, 1.807) is 36.5 Å². The summed E-state index contributed by atoms with van der Waals surface area (Å²) < 4.78 is 18.3. The van der Waals surface area contributed by atoms with Gasteiger partial charge in [-0.3, -0.25) is 20.4 Å². The van der Waals surface area contributed by atoms with E-state index in [1.807, 2.05) is 0 Å². The van der Waals surface area contributed by atoms with Crippen molar-refractivity contribution in [2.75, 3.05) is 0 Å². The van der Waals surface area contributed by atoms with Crippen molar-refractivity contribution in [2.24, 2.45) is 0 Å². The number of amides is 2. The second-order valence-electron chi connectivity index (χ2n) is 4.66. The molecule has 3 aromatic rings. The third-order valence-electron chi connectivity index (χ3n) is 3.09. The Labute approximate surface area is 130 Å². The van der Waals surface area contributed by atoms with Gasteiger partial charge in [0.05, 0.1) is 0 Å². The number of benzene rings is 1. The van der Waals surface area contributed by atoms with Crippen LogP contribution in [0.25, 0.3) is 11.3 Å². The highest BCUT2D eigenvalue weighted by molar-refractivity contribution is 5.97. The molecule has 0 aliphatic heterocycles. The minimum Gasteiger partial charge on any atom is -0.451 e. The molecular formula is C16H12FN3O3. The van der Waals surface area contributed by atoms with E-state index in [2.05, 4.69) is 15.8 Å². The van der Waals surface area contributed by atoms with Gasteiger partial charge < -0.3 is 9.40 Å². The van der Waals surface area contributed by atoms with Crippen molar-refractivity contribution in [3.05, 3.63) is 72.0 Å². The molecule has 0 radical (unpaired) electrons. The van der Waals surface area contributed by atoms with Crippen molar-refractivity contribution in [3.63, 3.8) is 0 Å². The smallest absolute Gasteiger partial charge is 0.305 e. The summed E-state index contributed by atoms with van der Waals surface area (Å²) in [6.45, 7) is 0. The SMILES string of the molecule is O=C(NNC(=O)c1ccc(-c2ccc(F)cc2)o1)c1ccc[nH]1. The van der Waals surface area contributed by atoms with Gasteiger partial charge in [0.15, 0.2) is 5.76 Å². The third-order valence-corrected chi connectivity index (χ3v) is 3.09. The van der Waals surface area contributed by atoms with Crippen molar-refractivity contribution in [1.29, 1.82) is 0 Å². The Morgan fingerprint density at radius 3 is 2.39 bits per heavy atom. The first-order chi connectivity index (χ1) is 11.1. The fourth-order valence-electron chi connectivity index (χ4n) is 1.94. The van der Waals surface area contributed by atoms with E-state index in [0.29, 0.717) is 17.0 Å². The first kappa shape index (κ1) is 14.6. The van der Waals surface area contributed by atoms with E-state index in [0.717, 1.165) is 0 Å². The highest BCUT2D eigenvalue weighted by Crippen LogP contribution is 2.22. The lowest BCUT2D eigenvalue weighted by molar-refractivity contribution is 0.0829.